The summed E-state index contributed by atoms with van der Waals surface area (Å²) in [5, 5.41) is 7.64. The third-order valence-electron chi connectivity index (χ3n) is 2.59. The molecule has 1 aromatic rings. The van der Waals surface area contributed by atoms with Crippen molar-refractivity contribution in [1.82, 2.24) is 10.6 Å². The van der Waals surface area contributed by atoms with Gasteiger partial charge >= 0.3 is 0 Å². The van der Waals surface area contributed by atoms with Gasteiger partial charge in [-0.05, 0) is 49.7 Å². The van der Waals surface area contributed by atoms with E-state index in [0.717, 1.165) is 48.0 Å². The van der Waals surface area contributed by atoms with Crippen molar-refractivity contribution in [3.8, 4) is 0 Å². The SMILES string of the molecule is CC(C)CNCCCNCc1ccc(Cl)cc1Br. The van der Waals surface area contributed by atoms with Crippen LogP contribution in [0.25, 0.3) is 0 Å². The monoisotopic (exact) mass is 332 g/mol. The van der Waals surface area contributed by atoms with Gasteiger partial charge in [0, 0.05) is 16.0 Å². The lowest BCUT2D eigenvalue weighted by Gasteiger charge is -2.09. The first-order valence-electron chi connectivity index (χ1n) is 6.45. The molecule has 0 spiro atoms. The Balaban J connectivity index is 2.11. The molecular weight excluding hydrogens is 312 g/mol. The van der Waals surface area contributed by atoms with Crippen LogP contribution in [0.3, 0.4) is 0 Å². The third-order valence-corrected chi connectivity index (χ3v) is 3.56. The van der Waals surface area contributed by atoms with E-state index in [0.29, 0.717) is 0 Å². The molecule has 0 atom stereocenters. The average molecular weight is 334 g/mol. The van der Waals surface area contributed by atoms with Crippen molar-refractivity contribution in [3.05, 3.63) is 33.3 Å². The van der Waals surface area contributed by atoms with Gasteiger partial charge < -0.3 is 10.6 Å². The predicted octanol–water partition coefficient (Wildman–Crippen LogP) is 3.83. The van der Waals surface area contributed by atoms with Crippen molar-refractivity contribution in [2.45, 2.75) is 26.8 Å². The van der Waals surface area contributed by atoms with Gasteiger partial charge in [-0.25, -0.2) is 0 Å². The van der Waals surface area contributed by atoms with Crippen LogP contribution in [0.15, 0.2) is 22.7 Å². The van der Waals surface area contributed by atoms with Crippen molar-refractivity contribution >= 4 is 27.5 Å². The van der Waals surface area contributed by atoms with Crippen LogP contribution in [0, 0.1) is 5.92 Å². The maximum Gasteiger partial charge on any atom is 0.0417 e. The molecule has 0 saturated carbocycles. The molecule has 0 aromatic heterocycles. The van der Waals surface area contributed by atoms with E-state index < -0.39 is 0 Å². The number of rotatable bonds is 8. The topological polar surface area (TPSA) is 24.1 Å². The highest BCUT2D eigenvalue weighted by atomic mass is 79.9. The average Bonchev–Trinajstić information content (AvgIpc) is 2.30. The maximum absolute atomic E-state index is 5.90. The molecule has 0 fully saturated rings. The van der Waals surface area contributed by atoms with Crippen LogP contribution in [0.1, 0.15) is 25.8 Å². The summed E-state index contributed by atoms with van der Waals surface area (Å²) in [6, 6.07) is 5.91. The lowest BCUT2D eigenvalue weighted by molar-refractivity contribution is 0.530. The van der Waals surface area contributed by atoms with E-state index in [1.165, 1.54) is 5.56 Å². The Hall–Kier alpha value is -0.0900. The molecule has 0 aliphatic heterocycles. The lowest BCUT2D eigenvalue weighted by Crippen LogP contribution is -2.24. The van der Waals surface area contributed by atoms with Crippen LogP contribution >= 0.6 is 27.5 Å². The molecular formula is C14H22BrClN2. The molecule has 0 amide bonds. The predicted molar refractivity (Wildman–Crippen MR) is 83.2 cm³/mol. The fourth-order valence-corrected chi connectivity index (χ4v) is 2.44. The van der Waals surface area contributed by atoms with Crippen LogP contribution < -0.4 is 10.6 Å². The van der Waals surface area contributed by atoms with E-state index in [2.05, 4.69) is 46.5 Å². The summed E-state index contributed by atoms with van der Waals surface area (Å²) in [5.74, 6) is 0.725. The fourth-order valence-electron chi connectivity index (χ4n) is 1.62. The second-order valence-corrected chi connectivity index (χ2v) is 6.15. The van der Waals surface area contributed by atoms with Gasteiger partial charge in [-0.1, -0.05) is 47.4 Å². The second-order valence-electron chi connectivity index (χ2n) is 4.86. The minimum atomic E-state index is 0.725. The highest BCUT2D eigenvalue weighted by Crippen LogP contribution is 2.21. The highest BCUT2D eigenvalue weighted by molar-refractivity contribution is 9.10. The molecule has 102 valence electrons. The molecule has 0 saturated heterocycles. The van der Waals surface area contributed by atoms with Gasteiger partial charge in [0.2, 0.25) is 0 Å². The number of nitrogens with one attached hydrogen (secondary N) is 2. The van der Waals surface area contributed by atoms with Crippen LogP contribution in [-0.4, -0.2) is 19.6 Å². The maximum atomic E-state index is 5.90. The van der Waals surface area contributed by atoms with E-state index in [-0.39, 0.29) is 0 Å². The van der Waals surface area contributed by atoms with Gasteiger partial charge in [-0.2, -0.15) is 0 Å². The Morgan fingerprint density at radius 1 is 1.22 bits per heavy atom. The second kappa shape index (κ2) is 8.92. The van der Waals surface area contributed by atoms with Crippen molar-refractivity contribution in [2.24, 2.45) is 5.92 Å². The molecule has 0 bridgehead atoms. The molecule has 2 nitrogen and oxygen atoms in total. The number of halogens is 2. The Kier molecular flexibility index (Phi) is 7.91. The summed E-state index contributed by atoms with van der Waals surface area (Å²) < 4.78 is 1.07. The Morgan fingerprint density at radius 3 is 2.61 bits per heavy atom. The zero-order chi connectivity index (χ0) is 13.4. The summed E-state index contributed by atoms with van der Waals surface area (Å²) in [4.78, 5) is 0. The molecule has 0 heterocycles. The van der Waals surface area contributed by atoms with Crippen molar-refractivity contribution in [2.75, 3.05) is 19.6 Å². The summed E-state index contributed by atoms with van der Waals surface area (Å²) >= 11 is 9.42. The molecule has 0 aliphatic carbocycles. The molecule has 1 aromatic carbocycles. The standard InChI is InChI=1S/C14H22BrClN2/c1-11(2)9-17-6-3-7-18-10-12-4-5-13(16)8-14(12)15/h4-5,8,11,17-18H,3,6-7,9-10H2,1-2H3. The molecule has 0 aliphatic rings. The summed E-state index contributed by atoms with van der Waals surface area (Å²) in [7, 11) is 0. The molecule has 4 heteroatoms. The van der Waals surface area contributed by atoms with Gasteiger partial charge in [0.1, 0.15) is 0 Å². The van der Waals surface area contributed by atoms with Crippen molar-refractivity contribution < 1.29 is 0 Å². The van der Waals surface area contributed by atoms with Gasteiger partial charge in [0.15, 0.2) is 0 Å². The number of benzene rings is 1. The lowest BCUT2D eigenvalue weighted by atomic mass is 10.2. The van der Waals surface area contributed by atoms with E-state index in [9.17, 15) is 0 Å². The Morgan fingerprint density at radius 2 is 1.94 bits per heavy atom. The molecule has 18 heavy (non-hydrogen) atoms. The van der Waals surface area contributed by atoms with Crippen LogP contribution in [0.2, 0.25) is 5.02 Å². The molecule has 0 radical (unpaired) electrons. The number of hydrogen-bond acceptors (Lipinski definition) is 2. The summed E-state index contributed by atoms with van der Waals surface area (Å²) in [6.45, 7) is 8.53. The van der Waals surface area contributed by atoms with Gasteiger partial charge in [-0.15, -0.1) is 0 Å². The van der Waals surface area contributed by atoms with Crippen LogP contribution in [0.4, 0.5) is 0 Å². The number of hydrogen-bond donors (Lipinski definition) is 2. The third kappa shape index (κ3) is 6.74. The minimum absolute atomic E-state index is 0.725. The Labute approximate surface area is 124 Å². The largest absolute Gasteiger partial charge is 0.316 e. The molecule has 2 N–H and O–H groups in total. The van der Waals surface area contributed by atoms with E-state index in [1.807, 2.05) is 12.1 Å². The van der Waals surface area contributed by atoms with E-state index >= 15 is 0 Å². The molecule has 1 rings (SSSR count). The van der Waals surface area contributed by atoms with Crippen molar-refractivity contribution in [3.63, 3.8) is 0 Å². The Bertz CT molecular complexity index is 356. The van der Waals surface area contributed by atoms with Crippen LogP contribution in [-0.2, 0) is 6.54 Å². The first-order chi connectivity index (χ1) is 8.59. The summed E-state index contributed by atoms with van der Waals surface area (Å²) in [6.07, 6.45) is 1.15. The first kappa shape index (κ1) is 16.0. The van der Waals surface area contributed by atoms with Gasteiger partial charge in [0.05, 0.1) is 0 Å². The normalized spacial score (nSPS) is 11.2. The zero-order valence-electron chi connectivity index (χ0n) is 11.1. The molecule has 0 unspecified atom stereocenters. The van der Waals surface area contributed by atoms with Crippen molar-refractivity contribution in [1.29, 1.82) is 0 Å². The van der Waals surface area contributed by atoms with Gasteiger partial charge in [-0.3, -0.25) is 0 Å². The quantitative estimate of drug-likeness (QED) is 0.707. The first-order valence-corrected chi connectivity index (χ1v) is 7.62. The minimum Gasteiger partial charge on any atom is -0.316 e. The highest BCUT2D eigenvalue weighted by Gasteiger charge is 2.00. The smallest absolute Gasteiger partial charge is 0.0417 e. The van der Waals surface area contributed by atoms with E-state index in [1.54, 1.807) is 0 Å². The van der Waals surface area contributed by atoms with Gasteiger partial charge in [0.25, 0.3) is 0 Å². The summed E-state index contributed by atoms with van der Waals surface area (Å²) in [5.41, 5.74) is 1.24. The fraction of sp³-hybridized carbons (Fsp3) is 0.571. The van der Waals surface area contributed by atoms with Crippen LogP contribution in [0.5, 0.6) is 0 Å². The zero-order valence-corrected chi connectivity index (χ0v) is 13.4. The van der Waals surface area contributed by atoms with E-state index in [4.69, 9.17) is 11.6 Å².